The van der Waals surface area contributed by atoms with Crippen molar-refractivity contribution in [1.82, 2.24) is 25.1 Å². The normalized spacial score (nSPS) is 15.3. The van der Waals surface area contributed by atoms with Crippen LogP contribution in [0.3, 0.4) is 0 Å². The highest BCUT2D eigenvalue weighted by atomic mass is 19.1. The van der Waals surface area contributed by atoms with Crippen LogP contribution in [0.15, 0.2) is 18.2 Å². The summed E-state index contributed by atoms with van der Waals surface area (Å²) in [5.74, 6) is -0.577. The molecule has 23 heavy (non-hydrogen) atoms. The highest BCUT2D eigenvalue weighted by Crippen LogP contribution is 2.14. The molecule has 0 aliphatic carbocycles. The third kappa shape index (κ3) is 3.50. The Balaban J connectivity index is 1.58. The molecule has 1 aliphatic rings. The Morgan fingerprint density at radius 2 is 2.17 bits per heavy atom. The molecule has 0 saturated carbocycles. The summed E-state index contributed by atoms with van der Waals surface area (Å²) >= 11 is 0. The number of aromatic nitrogens is 4. The van der Waals surface area contributed by atoms with E-state index in [0.29, 0.717) is 25.5 Å². The van der Waals surface area contributed by atoms with Crippen LogP contribution < -0.4 is 5.73 Å². The lowest BCUT2D eigenvalue weighted by Gasteiger charge is -2.27. The third-order valence-corrected chi connectivity index (χ3v) is 3.80. The van der Waals surface area contributed by atoms with E-state index in [2.05, 4.69) is 15.5 Å². The predicted molar refractivity (Wildman–Crippen MR) is 75.9 cm³/mol. The van der Waals surface area contributed by atoms with Crippen molar-refractivity contribution < 1.29 is 13.6 Å². The van der Waals surface area contributed by atoms with Crippen LogP contribution in [0.1, 0.15) is 17.8 Å². The standard InChI is InChI=1S/C14H16F2N6O/c15-10-1-2-12(16)9(5-10)6-11(17)7-14(23)21-3-4-22-13(8-21)18-19-20-22/h1-2,5,11H,3-4,6-8,17H2/t11-/m1/s1. The summed E-state index contributed by atoms with van der Waals surface area (Å²) in [5, 5.41) is 11.2. The molecule has 1 aliphatic heterocycles. The van der Waals surface area contributed by atoms with Gasteiger partial charge in [0.1, 0.15) is 11.6 Å². The Labute approximate surface area is 131 Å². The maximum Gasteiger partial charge on any atom is 0.224 e. The minimum absolute atomic E-state index is 0.0531. The van der Waals surface area contributed by atoms with Gasteiger partial charge in [0, 0.05) is 19.0 Å². The topological polar surface area (TPSA) is 89.9 Å². The maximum atomic E-state index is 13.6. The quantitative estimate of drug-likeness (QED) is 0.872. The maximum absolute atomic E-state index is 13.6. The SMILES string of the molecule is N[C@@H](CC(=O)N1CCn2nnnc2C1)Cc1cc(F)ccc1F. The summed E-state index contributed by atoms with van der Waals surface area (Å²) in [6.07, 6.45) is 0.151. The second-order valence-corrected chi connectivity index (χ2v) is 5.54. The van der Waals surface area contributed by atoms with Crippen molar-refractivity contribution in [1.29, 1.82) is 0 Å². The molecule has 2 N–H and O–H groups in total. The first-order valence-electron chi connectivity index (χ1n) is 7.25. The van der Waals surface area contributed by atoms with Gasteiger partial charge in [0.25, 0.3) is 0 Å². The largest absolute Gasteiger partial charge is 0.333 e. The number of amides is 1. The first-order valence-corrected chi connectivity index (χ1v) is 7.25. The number of nitrogens with two attached hydrogens (primary N) is 1. The highest BCUT2D eigenvalue weighted by Gasteiger charge is 2.24. The summed E-state index contributed by atoms with van der Waals surface area (Å²) in [6, 6.07) is 2.63. The summed E-state index contributed by atoms with van der Waals surface area (Å²) in [4.78, 5) is 13.9. The molecule has 1 aromatic carbocycles. The molecule has 3 rings (SSSR count). The molecule has 2 aromatic rings. The van der Waals surface area contributed by atoms with Crippen LogP contribution in [0.5, 0.6) is 0 Å². The van der Waals surface area contributed by atoms with E-state index in [1.807, 2.05) is 0 Å². The van der Waals surface area contributed by atoms with Crippen LogP contribution in [-0.2, 0) is 24.3 Å². The van der Waals surface area contributed by atoms with Gasteiger partial charge in [0.15, 0.2) is 5.82 Å². The van der Waals surface area contributed by atoms with Gasteiger partial charge in [-0.3, -0.25) is 4.79 Å². The molecule has 0 spiro atoms. The van der Waals surface area contributed by atoms with Crippen molar-refractivity contribution in [2.45, 2.75) is 32.0 Å². The van der Waals surface area contributed by atoms with Crippen molar-refractivity contribution in [3.8, 4) is 0 Å². The summed E-state index contributed by atoms with van der Waals surface area (Å²) in [5.41, 5.74) is 6.10. The zero-order chi connectivity index (χ0) is 16.4. The van der Waals surface area contributed by atoms with Gasteiger partial charge in [-0.25, -0.2) is 13.5 Å². The smallest absolute Gasteiger partial charge is 0.224 e. The van der Waals surface area contributed by atoms with E-state index in [9.17, 15) is 13.6 Å². The van der Waals surface area contributed by atoms with Crippen LogP contribution in [0, 0.1) is 11.6 Å². The van der Waals surface area contributed by atoms with Crippen molar-refractivity contribution in [2.24, 2.45) is 5.73 Å². The van der Waals surface area contributed by atoms with E-state index in [0.717, 1.165) is 18.2 Å². The fourth-order valence-electron chi connectivity index (χ4n) is 2.60. The molecule has 0 saturated heterocycles. The molecule has 9 heteroatoms. The van der Waals surface area contributed by atoms with Crippen LogP contribution in [0.2, 0.25) is 0 Å². The van der Waals surface area contributed by atoms with Gasteiger partial charge in [-0.15, -0.1) is 5.10 Å². The van der Waals surface area contributed by atoms with Gasteiger partial charge in [-0.05, 0) is 40.6 Å². The third-order valence-electron chi connectivity index (χ3n) is 3.80. The molecule has 0 radical (unpaired) electrons. The second-order valence-electron chi connectivity index (χ2n) is 5.54. The first-order chi connectivity index (χ1) is 11.0. The van der Waals surface area contributed by atoms with Crippen molar-refractivity contribution >= 4 is 5.91 Å². The van der Waals surface area contributed by atoms with Crippen LogP contribution in [0.25, 0.3) is 0 Å². The number of fused-ring (bicyclic) bond motifs is 1. The Morgan fingerprint density at radius 3 is 3.00 bits per heavy atom. The molecule has 1 aromatic heterocycles. The Morgan fingerprint density at radius 1 is 1.35 bits per heavy atom. The van der Waals surface area contributed by atoms with Gasteiger partial charge in [-0.2, -0.15) is 0 Å². The number of benzene rings is 1. The number of nitrogens with zero attached hydrogens (tertiary/aromatic N) is 5. The van der Waals surface area contributed by atoms with Crippen molar-refractivity contribution in [3.05, 3.63) is 41.2 Å². The van der Waals surface area contributed by atoms with Gasteiger partial charge >= 0.3 is 0 Å². The molecule has 1 amide bonds. The number of halogens is 2. The second kappa shape index (κ2) is 6.37. The van der Waals surface area contributed by atoms with Gasteiger partial charge < -0.3 is 10.6 Å². The fraction of sp³-hybridized carbons (Fsp3) is 0.429. The van der Waals surface area contributed by atoms with Crippen LogP contribution in [0.4, 0.5) is 8.78 Å². The lowest BCUT2D eigenvalue weighted by Crippen LogP contribution is -2.41. The highest BCUT2D eigenvalue weighted by molar-refractivity contribution is 5.76. The average molecular weight is 322 g/mol. The van der Waals surface area contributed by atoms with Crippen LogP contribution in [-0.4, -0.2) is 43.6 Å². The van der Waals surface area contributed by atoms with Crippen molar-refractivity contribution in [3.63, 3.8) is 0 Å². The minimum Gasteiger partial charge on any atom is -0.333 e. The minimum atomic E-state index is -0.586. The van der Waals surface area contributed by atoms with E-state index in [-0.39, 0.29) is 24.3 Å². The number of hydrogen-bond donors (Lipinski definition) is 1. The molecular weight excluding hydrogens is 306 g/mol. The molecule has 0 unspecified atom stereocenters. The summed E-state index contributed by atoms with van der Waals surface area (Å²) in [7, 11) is 0. The molecular formula is C14H16F2N6O. The van der Waals surface area contributed by atoms with Gasteiger partial charge in [0.2, 0.25) is 5.91 Å². The Hall–Kier alpha value is -2.42. The number of tetrazole rings is 1. The van der Waals surface area contributed by atoms with E-state index in [1.54, 1.807) is 9.58 Å². The average Bonchev–Trinajstić information content (AvgIpc) is 2.98. The van der Waals surface area contributed by atoms with Gasteiger partial charge in [-0.1, -0.05) is 0 Å². The van der Waals surface area contributed by atoms with E-state index < -0.39 is 17.7 Å². The Bertz CT molecular complexity index is 719. The first kappa shape index (κ1) is 15.5. The zero-order valence-electron chi connectivity index (χ0n) is 12.3. The van der Waals surface area contributed by atoms with Gasteiger partial charge in [0.05, 0.1) is 13.1 Å². The molecule has 1 atom stereocenters. The lowest BCUT2D eigenvalue weighted by atomic mass is 10.0. The summed E-state index contributed by atoms with van der Waals surface area (Å²) in [6.45, 7) is 1.35. The fourth-order valence-corrected chi connectivity index (χ4v) is 2.60. The predicted octanol–water partition coefficient (Wildman–Crippen LogP) is 0.254. The number of carbonyl (C=O) groups is 1. The molecule has 0 bridgehead atoms. The van der Waals surface area contributed by atoms with Crippen molar-refractivity contribution in [2.75, 3.05) is 6.54 Å². The van der Waals surface area contributed by atoms with Crippen LogP contribution >= 0.6 is 0 Å². The summed E-state index contributed by atoms with van der Waals surface area (Å²) < 4.78 is 28.4. The lowest BCUT2D eigenvalue weighted by molar-refractivity contribution is -0.133. The van der Waals surface area contributed by atoms with E-state index in [4.69, 9.17) is 5.73 Å². The Kier molecular flexibility index (Phi) is 4.28. The molecule has 122 valence electrons. The monoisotopic (exact) mass is 322 g/mol. The molecule has 7 nitrogen and oxygen atoms in total. The van der Waals surface area contributed by atoms with E-state index >= 15 is 0 Å². The molecule has 0 fully saturated rings. The zero-order valence-corrected chi connectivity index (χ0v) is 12.3. The number of hydrogen-bond acceptors (Lipinski definition) is 5. The number of rotatable bonds is 4. The number of carbonyl (C=O) groups excluding carboxylic acids is 1. The molecule has 2 heterocycles. The van der Waals surface area contributed by atoms with E-state index in [1.165, 1.54) is 0 Å².